The molecule has 0 N–H and O–H groups in total. The molecule has 0 radical (unpaired) electrons. The van der Waals surface area contributed by atoms with Crippen molar-refractivity contribution in [1.82, 2.24) is 0 Å². The van der Waals surface area contributed by atoms with Crippen LogP contribution in [0.25, 0.3) is 21.5 Å². The van der Waals surface area contributed by atoms with Crippen molar-refractivity contribution in [2.45, 2.75) is 77.8 Å². The van der Waals surface area contributed by atoms with Gasteiger partial charge in [0, 0.05) is 71.7 Å². The van der Waals surface area contributed by atoms with E-state index in [1.54, 1.807) is 0 Å². The van der Waals surface area contributed by atoms with E-state index >= 15 is 0 Å². The molecule has 2 saturated heterocycles. The molecule has 0 bridgehead atoms. The van der Waals surface area contributed by atoms with Gasteiger partial charge in [0.25, 0.3) is 0 Å². The summed E-state index contributed by atoms with van der Waals surface area (Å²) in [4.78, 5) is 9.95. The maximum atomic E-state index is 2.54. The molecule has 2 aliphatic rings. The third kappa shape index (κ3) is 8.50. The van der Waals surface area contributed by atoms with E-state index in [2.05, 4.69) is 204 Å². The minimum absolute atomic E-state index is 1.15. The summed E-state index contributed by atoms with van der Waals surface area (Å²) < 4.78 is 0. The molecular formula is C54H62N4Si2. The van der Waals surface area contributed by atoms with Crippen LogP contribution in [0.1, 0.15) is 38.5 Å². The molecule has 0 amide bonds. The van der Waals surface area contributed by atoms with E-state index in [1.807, 2.05) is 0 Å². The molecule has 0 aromatic heterocycles. The first-order valence-corrected chi connectivity index (χ1v) is 29.5. The van der Waals surface area contributed by atoms with Gasteiger partial charge in [-0.25, -0.2) is 0 Å². The number of hydrogen-bond acceptors (Lipinski definition) is 4. The predicted octanol–water partition coefficient (Wildman–Crippen LogP) is 14.0. The molecule has 6 heteroatoms. The molecule has 0 spiro atoms. The van der Waals surface area contributed by atoms with Gasteiger partial charge in [-0.1, -0.05) is 86.1 Å². The second-order valence-corrected chi connectivity index (χ2v) is 29.5. The Morgan fingerprint density at radius 2 is 0.617 bits per heavy atom. The van der Waals surface area contributed by atoms with E-state index < -0.39 is 16.1 Å². The van der Waals surface area contributed by atoms with Gasteiger partial charge in [0.2, 0.25) is 0 Å². The van der Waals surface area contributed by atoms with Crippen LogP contribution in [-0.2, 0) is 0 Å². The van der Waals surface area contributed by atoms with E-state index in [-0.39, 0.29) is 0 Å². The summed E-state index contributed by atoms with van der Waals surface area (Å²) >= 11 is 0. The predicted molar refractivity (Wildman–Crippen MR) is 269 cm³/mol. The first-order chi connectivity index (χ1) is 29.0. The highest BCUT2D eigenvalue weighted by Crippen LogP contribution is 2.40. The first kappa shape index (κ1) is 40.1. The van der Waals surface area contributed by atoms with Crippen molar-refractivity contribution in [2.24, 2.45) is 0 Å². The molecule has 7 aromatic rings. The molecule has 0 atom stereocenters. The molecule has 2 fully saturated rings. The van der Waals surface area contributed by atoms with E-state index in [4.69, 9.17) is 0 Å². The number of nitrogens with zero attached hydrogens (tertiary/aromatic N) is 4. The average molecular weight is 823 g/mol. The molecule has 2 aliphatic heterocycles. The Morgan fingerprint density at radius 1 is 0.317 bits per heavy atom. The summed E-state index contributed by atoms with van der Waals surface area (Å²) in [7, 11) is -2.87. The summed E-state index contributed by atoms with van der Waals surface area (Å²) in [5, 5.41) is 7.94. The van der Waals surface area contributed by atoms with Crippen molar-refractivity contribution in [2.75, 3.05) is 45.8 Å². The van der Waals surface area contributed by atoms with Crippen molar-refractivity contribution in [1.29, 1.82) is 0 Å². The van der Waals surface area contributed by atoms with Gasteiger partial charge < -0.3 is 19.6 Å². The lowest BCUT2D eigenvalue weighted by atomic mass is 10.0. The third-order valence-electron chi connectivity index (χ3n) is 12.9. The second-order valence-electron chi connectivity index (χ2n) is 19.3. The minimum atomic E-state index is -1.43. The lowest BCUT2D eigenvalue weighted by Crippen LogP contribution is -2.37. The van der Waals surface area contributed by atoms with Crippen LogP contribution in [0.5, 0.6) is 0 Å². The molecule has 0 aliphatic carbocycles. The van der Waals surface area contributed by atoms with Gasteiger partial charge in [0.15, 0.2) is 0 Å². The van der Waals surface area contributed by atoms with Crippen LogP contribution in [-0.4, -0.2) is 42.3 Å². The molecule has 4 nitrogen and oxygen atoms in total. The standard InChI is InChI=1S/C54H62N4Si2/c1-59(2,3)53-29-25-49(26-30-53)57(47-21-17-45(18-22-47)55-33-9-7-10-34-55)51-15-13-41-38-44-40-52(16-14-42(44)37-43(41)39-51)58(50-27-31-54(32-28-50)60(4,5)6)48-23-19-46(20-24-48)56-35-11-8-12-36-56/h13-32,37-40H,7-12,33-36H2,1-6H3. The van der Waals surface area contributed by atoms with Crippen LogP contribution in [0.3, 0.4) is 0 Å². The highest BCUT2D eigenvalue weighted by Gasteiger charge is 2.21. The number of benzene rings is 7. The fourth-order valence-corrected chi connectivity index (χ4v) is 11.6. The fourth-order valence-electron chi connectivity index (χ4n) is 9.30. The molecule has 2 heterocycles. The van der Waals surface area contributed by atoms with Crippen LogP contribution >= 0.6 is 0 Å². The van der Waals surface area contributed by atoms with Crippen molar-refractivity contribution < 1.29 is 0 Å². The lowest BCUT2D eigenvalue weighted by molar-refractivity contribution is 0.578. The van der Waals surface area contributed by atoms with Gasteiger partial charge in [-0.3, -0.25) is 0 Å². The number of fused-ring (bicyclic) bond motifs is 2. The van der Waals surface area contributed by atoms with Gasteiger partial charge in [-0.2, -0.15) is 0 Å². The van der Waals surface area contributed by atoms with Gasteiger partial charge in [-0.15, -0.1) is 0 Å². The number of anilines is 8. The van der Waals surface area contributed by atoms with Crippen LogP contribution in [0, 0.1) is 0 Å². The molecule has 7 aromatic carbocycles. The van der Waals surface area contributed by atoms with Crippen molar-refractivity contribution in [3.8, 4) is 0 Å². The lowest BCUT2D eigenvalue weighted by Gasteiger charge is -2.30. The minimum Gasteiger partial charge on any atom is -0.372 e. The Kier molecular flexibility index (Phi) is 11.1. The van der Waals surface area contributed by atoms with Gasteiger partial charge >= 0.3 is 0 Å². The van der Waals surface area contributed by atoms with Crippen LogP contribution < -0.4 is 30.0 Å². The molecule has 60 heavy (non-hydrogen) atoms. The van der Waals surface area contributed by atoms with E-state index in [1.165, 1.54) is 116 Å². The summed E-state index contributed by atoms with van der Waals surface area (Å²) in [6, 6.07) is 56.0. The normalized spacial score (nSPS) is 15.1. The number of piperidine rings is 2. The third-order valence-corrected chi connectivity index (χ3v) is 17.1. The van der Waals surface area contributed by atoms with Gasteiger partial charge in [-0.05, 0) is 169 Å². The second kappa shape index (κ2) is 16.6. The molecule has 0 saturated carbocycles. The highest BCUT2D eigenvalue weighted by molar-refractivity contribution is 6.89. The molecule has 306 valence electrons. The quantitative estimate of drug-likeness (QED) is 0.101. The van der Waals surface area contributed by atoms with Crippen LogP contribution in [0.4, 0.5) is 45.5 Å². The van der Waals surface area contributed by atoms with E-state index in [0.29, 0.717) is 0 Å². The molecular weight excluding hydrogens is 761 g/mol. The largest absolute Gasteiger partial charge is 0.372 e. The van der Waals surface area contributed by atoms with Gasteiger partial charge in [0.05, 0.1) is 16.1 Å². The SMILES string of the molecule is C[Si](C)(C)c1ccc(N(c2ccc(N3CCCCC3)cc2)c2ccc3cc4cc(N(c5ccc(N6CCCCC6)cc5)c5ccc([Si](C)(C)C)cc5)ccc4cc3c2)cc1. The maximum Gasteiger partial charge on any atom is 0.0775 e. The summed E-state index contributed by atoms with van der Waals surface area (Å²) in [5.74, 6) is 0. The van der Waals surface area contributed by atoms with Crippen LogP contribution in [0.15, 0.2) is 146 Å². The summed E-state index contributed by atoms with van der Waals surface area (Å²) in [5.41, 5.74) is 9.74. The Labute approximate surface area is 361 Å². The zero-order valence-corrected chi connectivity index (χ0v) is 38.7. The smallest absolute Gasteiger partial charge is 0.0775 e. The number of rotatable bonds is 10. The van der Waals surface area contributed by atoms with Crippen molar-refractivity contribution in [3.05, 3.63) is 146 Å². The zero-order valence-electron chi connectivity index (χ0n) is 36.7. The Morgan fingerprint density at radius 3 is 0.933 bits per heavy atom. The maximum absolute atomic E-state index is 2.54. The van der Waals surface area contributed by atoms with Crippen molar-refractivity contribution >= 4 is 93.6 Å². The zero-order chi connectivity index (χ0) is 41.4. The summed E-state index contributed by atoms with van der Waals surface area (Å²) in [6.07, 6.45) is 7.80. The fraction of sp³-hybridized carbons (Fsp3) is 0.296. The summed E-state index contributed by atoms with van der Waals surface area (Å²) in [6.45, 7) is 19.1. The molecule has 9 rings (SSSR count). The highest BCUT2D eigenvalue weighted by atomic mass is 28.3. The average Bonchev–Trinajstić information content (AvgIpc) is 3.27. The molecule has 0 unspecified atom stereocenters. The monoisotopic (exact) mass is 822 g/mol. The van der Waals surface area contributed by atoms with Gasteiger partial charge in [0.1, 0.15) is 0 Å². The van der Waals surface area contributed by atoms with Crippen molar-refractivity contribution in [3.63, 3.8) is 0 Å². The Balaban J connectivity index is 1.08. The Bertz CT molecular complexity index is 2380. The first-order valence-electron chi connectivity index (χ1n) is 22.5. The topological polar surface area (TPSA) is 13.0 Å². The number of hydrogen-bond donors (Lipinski definition) is 0. The van der Waals surface area contributed by atoms with Crippen LogP contribution in [0.2, 0.25) is 39.3 Å². The Hall–Kier alpha value is -5.31. The van der Waals surface area contributed by atoms with E-state index in [0.717, 1.165) is 26.2 Å². The van der Waals surface area contributed by atoms with E-state index in [9.17, 15) is 0 Å².